The number of fused-ring (bicyclic) bond motifs is 4. The molecule has 6 aromatic carbocycles. The van der Waals surface area contributed by atoms with E-state index in [1.807, 2.05) is 64.1 Å². The number of hydrogen-bond donors (Lipinski definition) is 0. The monoisotopic (exact) mass is 668 g/mol. The Kier molecular flexibility index (Phi) is 7.45. The highest BCUT2D eigenvalue weighted by Crippen LogP contribution is 2.40. The number of carbonyl (C=O) groups is 3. The number of carbonyl (C=O) groups excluding carboxylic acids is 3. The Morgan fingerprint density at radius 3 is 1.84 bits per heavy atom. The predicted octanol–water partition coefficient (Wildman–Crippen LogP) is 9.54. The van der Waals surface area contributed by atoms with Crippen LogP contribution in [0.5, 0.6) is 0 Å². The molecule has 7 heteroatoms. The van der Waals surface area contributed by atoms with Crippen LogP contribution in [-0.2, 0) is 29.6 Å². The molecule has 0 amide bonds. The van der Waals surface area contributed by atoms with Crippen molar-refractivity contribution in [2.24, 2.45) is 0 Å². The molecule has 0 aliphatic carbocycles. The number of benzene rings is 6. The van der Waals surface area contributed by atoms with Gasteiger partial charge in [-0.05, 0) is 112 Å². The number of thioether (sulfide) groups is 1. The van der Waals surface area contributed by atoms with Crippen LogP contribution >= 0.6 is 11.8 Å². The molecule has 0 saturated carbocycles. The minimum Gasteiger partial charge on any atom is -0.459 e. The maximum Gasteiger partial charge on any atom is 0.348 e. The van der Waals surface area contributed by atoms with Crippen molar-refractivity contribution in [3.8, 4) is 11.1 Å². The van der Waals surface area contributed by atoms with Crippen molar-refractivity contribution in [2.45, 2.75) is 68.8 Å². The molecule has 2 fully saturated rings. The molecule has 8 rings (SSSR count). The lowest BCUT2D eigenvalue weighted by atomic mass is 9.92. The highest BCUT2D eigenvalue weighted by atomic mass is 32.2. The van der Waals surface area contributed by atoms with Crippen LogP contribution in [0.1, 0.15) is 56.5 Å². The third kappa shape index (κ3) is 5.80. The van der Waals surface area contributed by atoms with Crippen molar-refractivity contribution in [1.82, 2.24) is 0 Å². The molecular weight excluding hydrogens is 633 g/mol. The largest absolute Gasteiger partial charge is 0.459 e. The predicted molar refractivity (Wildman–Crippen MR) is 196 cm³/mol. The summed E-state index contributed by atoms with van der Waals surface area (Å²) in [7, 11) is 0. The van der Waals surface area contributed by atoms with E-state index in [9.17, 15) is 14.4 Å². The maximum atomic E-state index is 13.8. The van der Waals surface area contributed by atoms with Crippen molar-refractivity contribution in [1.29, 1.82) is 0 Å². The molecule has 2 aliphatic heterocycles. The third-order valence-electron chi connectivity index (χ3n) is 9.68. The van der Waals surface area contributed by atoms with E-state index < -0.39 is 29.2 Å². The molecule has 2 saturated heterocycles. The van der Waals surface area contributed by atoms with Gasteiger partial charge < -0.3 is 14.2 Å². The molecule has 6 nitrogen and oxygen atoms in total. The number of rotatable bonds is 6. The summed E-state index contributed by atoms with van der Waals surface area (Å²) in [6.45, 7) is 7.57. The fraction of sp³-hybridized carbons (Fsp3) is 0.262. The second kappa shape index (κ2) is 11.6. The standard InChI is InChI=1S/C42H36O6S/c1-41(2)21-35(38(43)47-41)46-40(45)37-32-12-8-6-10-27(32)20-29-18-25(14-16-33(29)37)24-13-15-31-28(17-24)19-26-9-5-7-11-30(26)34(31)23-49-36-22-42(3,4)48-39(36)44/h5-20,35-36H,21-23H2,1-4H3. The fourth-order valence-electron chi connectivity index (χ4n) is 7.38. The minimum absolute atomic E-state index is 0.132. The van der Waals surface area contributed by atoms with Crippen molar-refractivity contribution < 1.29 is 28.6 Å². The molecular formula is C42H36O6S. The first-order valence-electron chi connectivity index (χ1n) is 16.6. The lowest BCUT2D eigenvalue weighted by Gasteiger charge is -2.16. The molecule has 2 heterocycles. The van der Waals surface area contributed by atoms with Gasteiger partial charge in [-0.25, -0.2) is 9.59 Å². The summed E-state index contributed by atoms with van der Waals surface area (Å²) in [6, 6.07) is 33.1. The van der Waals surface area contributed by atoms with E-state index in [1.165, 1.54) is 10.9 Å². The first kappa shape index (κ1) is 31.4. The Hall–Kier alpha value is -4.88. The van der Waals surface area contributed by atoms with Gasteiger partial charge in [0.2, 0.25) is 6.10 Å². The Balaban J connectivity index is 1.18. The van der Waals surface area contributed by atoms with Crippen LogP contribution in [-0.4, -0.2) is 40.5 Å². The Bertz CT molecular complexity index is 2360. The lowest BCUT2D eigenvalue weighted by molar-refractivity contribution is -0.151. The summed E-state index contributed by atoms with van der Waals surface area (Å²) in [6.07, 6.45) is 0.0743. The quantitative estimate of drug-likeness (QED) is 0.0994. The van der Waals surface area contributed by atoms with E-state index in [-0.39, 0.29) is 11.2 Å². The molecule has 246 valence electrons. The van der Waals surface area contributed by atoms with Crippen molar-refractivity contribution >= 4 is 72.8 Å². The van der Waals surface area contributed by atoms with Gasteiger partial charge in [-0.3, -0.25) is 4.79 Å². The first-order chi connectivity index (χ1) is 23.4. The summed E-state index contributed by atoms with van der Waals surface area (Å²) in [4.78, 5) is 38.8. The molecule has 2 unspecified atom stereocenters. The summed E-state index contributed by atoms with van der Waals surface area (Å²) in [5, 5.41) is 7.79. The summed E-state index contributed by atoms with van der Waals surface area (Å²) < 4.78 is 16.8. The van der Waals surface area contributed by atoms with Crippen molar-refractivity contribution in [2.75, 3.05) is 0 Å². The topological polar surface area (TPSA) is 78.9 Å². The molecule has 49 heavy (non-hydrogen) atoms. The third-order valence-corrected chi connectivity index (χ3v) is 10.9. The Morgan fingerprint density at radius 2 is 1.20 bits per heavy atom. The highest BCUT2D eigenvalue weighted by Gasteiger charge is 2.43. The van der Waals surface area contributed by atoms with Crippen LogP contribution in [0.2, 0.25) is 0 Å². The minimum atomic E-state index is -0.938. The van der Waals surface area contributed by atoms with Crippen LogP contribution in [0.25, 0.3) is 54.2 Å². The number of hydrogen-bond acceptors (Lipinski definition) is 7. The number of ether oxygens (including phenoxy) is 3. The highest BCUT2D eigenvalue weighted by molar-refractivity contribution is 7.99. The second-order valence-corrected chi connectivity index (χ2v) is 15.6. The lowest BCUT2D eigenvalue weighted by Crippen LogP contribution is -2.23. The molecule has 2 atom stereocenters. The fourth-order valence-corrected chi connectivity index (χ4v) is 8.76. The molecule has 2 aliphatic rings. The van der Waals surface area contributed by atoms with Crippen LogP contribution in [0.4, 0.5) is 0 Å². The summed E-state index contributed by atoms with van der Waals surface area (Å²) >= 11 is 1.66. The van der Waals surface area contributed by atoms with Crippen molar-refractivity contribution in [3.63, 3.8) is 0 Å². The van der Waals surface area contributed by atoms with Crippen LogP contribution in [0.3, 0.4) is 0 Å². The van der Waals surface area contributed by atoms with E-state index >= 15 is 0 Å². The van der Waals surface area contributed by atoms with Gasteiger partial charge in [0.05, 0.1) is 5.56 Å². The Morgan fingerprint density at radius 1 is 0.673 bits per heavy atom. The van der Waals surface area contributed by atoms with E-state index in [4.69, 9.17) is 14.2 Å². The van der Waals surface area contributed by atoms with Crippen LogP contribution in [0.15, 0.2) is 97.1 Å². The zero-order valence-corrected chi connectivity index (χ0v) is 28.7. The first-order valence-corrected chi connectivity index (χ1v) is 17.7. The van der Waals surface area contributed by atoms with E-state index in [0.29, 0.717) is 24.2 Å². The van der Waals surface area contributed by atoms with E-state index in [1.54, 1.807) is 11.8 Å². The maximum absolute atomic E-state index is 13.8. The SMILES string of the molecule is CC1(C)CC(OC(=O)c2c3ccccc3cc3cc(-c4ccc5c(CSC6CC(C)(C)OC6=O)c6ccccc6cc5c4)ccc23)C(=O)O1. The van der Waals surface area contributed by atoms with Gasteiger partial charge in [0.1, 0.15) is 16.5 Å². The summed E-state index contributed by atoms with van der Waals surface area (Å²) in [5.41, 5.74) is 2.62. The normalized spacial score (nSPS) is 19.8. The van der Waals surface area contributed by atoms with Gasteiger partial charge in [-0.2, -0.15) is 0 Å². The van der Waals surface area contributed by atoms with Gasteiger partial charge in [0, 0.05) is 18.6 Å². The van der Waals surface area contributed by atoms with Gasteiger partial charge >= 0.3 is 17.9 Å². The smallest absolute Gasteiger partial charge is 0.348 e. The average molecular weight is 669 g/mol. The zero-order valence-electron chi connectivity index (χ0n) is 27.9. The molecule has 0 N–H and O–H groups in total. The van der Waals surface area contributed by atoms with Gasteiger partial charge in [-0.1, -0.05) is 72.8 Å². The van der Waals surface area contributed by atoms with E-state index in [0.717, 1.165) is 48.8 Å². The van der Waals surface area contributed by atoms with Gasteiger partial charge in [-0.15, -0.1) is 11.8 Å². The van der Waals surface area contributed by atoms with E-state index in [2.05, 4.69) is 60.7 Å². The molecule has 0 aromatic heterocycles. The average Bonchev–Trinajstić information content (AvgIpc) is 3.49. The number of cyclic esters (lactones) is 2. The number of esters is 3. The summed E-state index contributed by atoms with van der Waals surface area (Å²) in [5.74, 6) is -0.481. The molecule has 6 aromatic rings. The van der Waals surface area contributed by atoms with Crippen LogP contribution in [0, 0.1) is 0 Å². The van der Waals surface area contributed by atoms with Crippen molar-refractivity contribution in [3.05, 3.63) is 108 Å². The molecule has 0 spiro atoms. The zero-order chi connectivity index (χ0) is 34.1. The molecule has 0 radical (unpaired) electrons. The van der Waals surface area contributed by atoms with Crippen LogP contribution < -0.4 is 0 Å². The van der Waals surface area contributed by atoms with Gasteiger partial charge in [0.25, 0.3) is 0 Å². The molecule has 0 bridgehead atoms. The van der Waals surface area contributed by atoms with Gasteiger partial charge in [0.15, 0.2) is 0 Å². The second-order valence-electron chi connectivity index (χ2n) is 14.4. The Labute approximate surface area is 288 Å².